The van der Waals surface area contributed by atoms with Crippen LogP contribution in [0.3, 0.4) is 0 Å². The Morgan fingerprint density at radius 2 is 1.38 bits per heavy atom. The molecule has 5 aromatic carbocycles. The van der Waals surface area contributed by atoms with Crippen LogP contribution in [0.5, 0.6) is 0 Å². The Morgan fingerprint density at radius 1 is 0.650 bits per heavy atom. The lowest BCUT2D eigenvalue weighted by molar-refractivity contribution is 1.19. The van der Waals surface area contributed by atoms with Gasteiger partial charge >= 0.3 is 0 Å². The third-order valence-corrected chi connectivity index (χ3v) is 7.50. The average molecular weight is 515 g/mol. The van der Waals surface area contributed by atoms with E-state index < -0.39 is 0 Å². The van der Waals surface area contributed by atoms with Gasteiger partial charge in [0.2, 0.25) is 0 Å². The molecular weight excluding hydrogens is 488 g/mol. The summed E-state index contributed by atoms with van der Waals surface area (Å²) in [6.07, 6.45) is 12.1. The van der Waals surface area contributed by atoms with Gasteiger partial charge in [0.05, 0.1) is 11.0 Å². The van der Waals surface area contributed by atoms with Crippen molar-refractivity contribution in [2.45, 2.75) is 6.92 Å². The Morgan fingerprint density at radius 3 is 2.15 bits per heavy atom. The third kappa shape index (κ3) is 3.83. The first-order valence-electron chi connectivity index (χ1n) is 13.5. The van der Waals surface area contributed by atoms with Crippen molar-refractivity contribution >= 4 is 44.3 Å². The summed E-state index contributed by atoms with van der Waals surface area (Å²) in [4.78, 5) is 19.3. The Kier molecular flexibility index (Phi) is 5.83. The number of benzene rings is 5. The molecule has 2 heterocycles. The molecule has 0 atom stereocenters. The molecule has 0 fully saturated rings. The van der Waals surface area contributed by atoms with Crippen LogP contribution in [0.4, 0.5) is 0 Å². The first-order chi connectivity index (χ1) is 19.7. The van der Waals surface area contributed by atoms with Gasteiger partial charge in [-0.15, -0.1) is 0 Å². The van der Waals surface area contributed by atoms with Gasteiger partial charge in [-0.3, -0.25) is 9.20 Å². The summed E-state index contributed by atoms with van der Waals surface area (Å²) >= 11 is 0. The van der Waals surface area contributed by atoms with Gasteiger partial charge in [-0.1, -0.05) is 115 Å². The SMILES string of the molecule is C\C=C/C=C\C=C\c1cc(-c2ccccc2)cc2c1nc1c3ccc(-c4ccccc4)c4cccc(c(=O)n21)c43. The van der Waals surface area contributed by atoms with Gasteiger partial charge in [-0.25, -0.2) is 4.98 Å². The fourth-order valence-corrected chi connectivity index (χ4v) is 5.67. The average Bonchev–Trinajstić information content (AvgIpc) is 3.40. The Labute approximate surface area is 232 Å². The van der Waals surface area contributed by atoms with Crippen molar-refractivity contribution in [2.24, 2.45) is 0 Å². The molecule has 0 radical (unpaired) electrons. The van der Waals surface area contributed by atoms with E-state index in [0.29, 0.717) is 11.0 Å². The molecule has 40 heavy (non-hydrogen) atoms. The predicted octanol–water partition coefficient (Wildman–Crippen LogP) is 9.07. The van der Waals surface area contributed by atoms with E-state index in [-0.39, 0.29) is 5.56 Å². The second kappa shape index (κ2) is 9.79. The predicted molar refractivity (Wildman–Crippen MR) is 169 cm³/mol. The van der Waals surface area contributed by atoms with Gasteiger partial charge in [0, 0.05) is 21.7 Å². The number of pyridine rings is 1. The molecule has 0 amide bonds. The van der Waals surface area contributed by atoms with E-state index in [1.54, 1.807) is 4.40 Å². The van der Waals surface area contributed by atoms with Gasteiger partial charge < -0.3 is 0 Å². The van der Waals surface area contributed by atoms with Gasteiger partial charge in [0.15, 0.2) is 0 Å². The maximum atomic E-state index is 14.2. The van der Waals surface area contributed by atoms with Crippen molar-refractivity contribution in [1.29, 1.82) is 0 Å². The van der Waals surface area contributed by atoms with Crippen LogP contribution in [0, 0.1) is 0 Å². The summed E-state index contributed by atoms with van der Waals surface area (Å²) in [7, 11) is 0. The van der Waals surface area contributed by atoms with E-state index in [0.717, 1.165) is 55.0 Å². The second-order valence-electron chi connectivity index (χ2n) is 9.90. The number of aromatic nitrogens is 2. The lowest BCUT2D eigenvalue weighted by atomic mass is 9.94. The molecule has 7 rings (SSSR count). The molecule has 0 spiro atoms. The highest BCUT2D eigenvalue weighted by molar-refractivity contribution is 6.19. The minimum atomic E-state index is -0.0473. The standard InChI is InChI=1S/C37H26N2O/c1-2-3-4-5-8-18-27-23-28(25-14-9-6-10-15-25)24-33-35(27)38-36-31-22-21-29(26-16-11-7-12-17-26)30-19-13-20-32(34(30)31)37(40)39(33)36/h2-24H,1H3/b3-2-,5-4-,18-8+. The maximum Gasteiger partial charge on any atom is 0.264 e. The molecule has 0 bridgehead atoms. The highest BCUT2D eigenvalue weighted by Gasteiger charge is 2.19. The molecule has 7 aromatic rings. The second-order valence-corrected chi connectivity index (χ2v) is 9.90. The molecule has 0 aliphatic rings. The molecule has 0 aliphatic carbocycles. The van der Waals surface area contributed by atoms with Crippen LogP contribution in [0.25, 0.3) is 66.6 Å². The zero-order valence-electron chi connectivity index (χ0n) is 22.1. The van der Waals surface area contributed by atoms with E-state index in [1.165, 1.54) is 0 Å². The van der Waals surface area contributed by atoms with Crippen LogP contribution in [0.15, 0.2) is 138 Å². The number of rotatable bonds is 5. The zero-order valence-corrected chi connectivity index (χ0v) is 22.1. The topological polar surface area (TPSA) is 34.4 Å². The van der Waals surface area contributed by atoms with Crippen molar-refractivity contribution in [2.75, 3.05) is 0 Å². The molecule has 2 aromatic heterocycles. The molecule has 190 valence electrons. The monoisotopic (exact) mass is 514 g/mol. The minimum Gasteiger partial charge on any atom is -0.268 e. The van der Waals surface area contributed by atoms with Crippen molar-refractivity contribution in [3.05, 3.63) is 149 Å². The Balaban J connectivity index is 1.57. The fraction of sp³-hybridized carbons (Fsp3) is 0.0270. The summed E-state index contributed by atoms with van der Waals surface area (Å²) in [6.45, 7) is 1.99. The summed E-state index contributed by atoms with van der Waals surface area (Å²) in [5.41, 5.74) is 7.62. The zero-order chi connectivity index (χ0) is 27.1. The van der Waals surface area contributed by atoms with Crippen LogP contribution in [-0.2, 0) is 0 Å². The first-order valence-corrected chi connectivity index (χ1v) is 13.5. The van der Waals surface area contributed by atoms with Gasteiger partial charge in [0.25, 0.3) is 5.56 Å². The molecule has 0 aliphatic heterocycles. The van der Waals surface area contributed by atoms with E-state index >= 15 is 0 Å². The number of hydrogen-bond donors (Lipinski definition) is 0. The number of nitrogens with zero attached hydrogens (tertiary/aromatic N) is 2. The fourth-order valence-electron chi connectivity index (χ4n) is 5.67. The van der Waals surface area contributed by atoms with Crippen LogP contribution >= 0.6 is 0 Å². The van der Waals surface area contributed by atoms with E-state index in [9.17, 15) is 4.79 Å². The van der Waals surface area contributed by atoms with Crippen molar-refractivity contribution < 1.29 is 0 Å². The summed E-state index contributed by atoms with van der Waals surface area (Å²) in [5, 5.41) is 3.71. The Bertz CT molecular complexity index is 2170. The lowest BCUT2D eigenvalue weighted by Crippen LogP contribution is -2.13. The third-order valence-electron chi connectivity index (χ3n) is 7.50. The molecule has 3 nitrogen and oxygen atoms in total. The maximum absolute atomic E-state index is 14.2. The quantitative estimate of drug-likeness (QED) is 0.215. The highest BCUT2D eigenvalue weighted by atomic mass is 16.1. The Hall–Kier alpha value is -5.28. The largest absolute Gasteiger partial charge is 0.268 e. The summed E-state index contributed by atoms with van der Waals surface area (Å²) in [6, 6.07) is 35.1. The molecule has 3 heteroatoms. The van der Waals surface area contributed by atoms with Crippen LogP contribution in [-0.4, -0.2) is 9.38 Å². The molecule has 0 saturated carbocycles. The normalized spacial score (nSPS) is 12.4. The molecule has 0 saturated heterocycles. The number of hydrogen-bond acceptors (Lipinski definition) is 2. The number of fused-ring (bicyclic) bond motifs is 4. The van der Waals surface area contributed by atoms with Crippen molar-refractivity contribution in [3.63, 3.8) is 0 Å². The number of imidazole rings is 1. The van der Waals surface area contributed by atoms with Crippen molar-refractivity contribution in [1.82, 2.24) is 9.38 Å². The minimum absolute atomic E-state index is 0.0473. The lowest BCUT2D eigenvalue weighted by Gasteiger charge is -2.12. The number of allylic oxidation sites excluding steroid dienone is 5. The first kappa shape index (κ1) is 23.8. The molecule has 0 N–H and O–H groups in total. The van der Waals surface area contributed by atoms with Gasteiger partial charge in [-0.05, 0) is 58.8 Å². The molecule has 0 unspecified atom stereocenters. The van der Waals surface area contributed by atoms with E-state index in [4.69, 9.17) is 4.98 Å². The molecular formula is C37H26N2O. The van der Waals surface area contributed by atoms with Crippen LogP contribution in [0.1, 0.15) is 12.5 Å². The van der Waals surface area contributed by atoms with Crippen LogP contribution in [0.2, 0.25) is 0 Å². The van der Waals surface area contributed by atoms with E-state index in [2.05, 4.69) is 60.7 Å². The van der Waals surface area contributed by atoms with Gasteiger partial charge in [0.1, 0.15) is 5.65 Å². The highest BCUT2D eigenvalue weighted by Crippen LogP contribution is 2.37. The van der Waals surface area contributed by atoms with E-state index in [1.807, 2.05) is 85.8 Å². The summed E-state index contributed by atoms with van der Waals surface area (Å²) in [5.74, 6) is 0. The van der Waals surface area contributed by atoms with Crippen LogP contribution < -0.4 is 5.56 Å². The smallest absolute Gasteiger partial charge is 0.264 e. The van der Waals surface area contributed by atoms with Crippen molar-refractivity contribution in [3.8, 4) is 22.3 Å². The van der Waals surface area contributed by atoms with Gasteiger partial charge in [-0.2, -0.15) is 0 Å². The summed E-state index contributed by atoms with van der Waals surface area (Å²) < 4.78 is 1.80.